The van der Waals surface area contributed by atoms with E-state index in [0.29, 0.717) is 60.5 Å². The van der Waals surface area contributed by atoms with Crippen molar-refractivity contribution in [3.8, 4) is 5.69 Å². The number of carbonyl (C=O) groups excluding carboxylic acids is 1. The monoisotopic (exact) mass is 952 g/mol. The molecule has 9 rings (SSSR count). The van der Waals surface area contributed by atoms with Gasteiger partial charge in [0.1, 0.15) is 11.2 Å². The van der Waals surface area contributed by atoms with E-state index in [1.807, 2.05) is 36.4 Å². The highest BCUT2D eigenvalue weighted by Crippen LogP contribution is 2.43. The molecule has 2 fully saturated rings. The minimum Gasteiger partial charge on any atom is -0.383 e. The molecule has 3 aliphatic rings. The van der Waals surface area contributed by atoms with Gasteiger partial charge in [0.2, 0.25) is 10.0 Å². The third-order valence-electron chi connectivity index (χ3n) is 13.3. The average Bonchev–Trinajstić information content (AvgIpc) is 3.94. The van der Waals surface area contributed by atoms with Gasteiger partial charge in [-0.1, -0.05) is 43.2 Å². The molecule has 0 saturated carbocycles. The predicted molar refractivity (Wildman–Crippen MR) is 260 cm³/mol. The molecule has 3 aromatic heterocycles. The SMILES string of the molecule is CC1(C)CCC(CN2CCN(c3ccc(C(=O)NS(=O)(=O)c4ccc(NCC5CCN(S(C)(=O)=O)CC5)c(N=O)c4)c(-n4[nH]cc5nc6nccc6cc54)c3)CC2)=C(c2ccc(Cl)cc2)C1. The number of nitroso groups, excluding NO2 is 1. The van der Waals surface area contributed by atoms with E-state index in [1.165, 1.54) is 39.4 Å². The van der Waals surface area contributed by atoms with Crippen molar-refractivity contribution in [1.82, 2.24) is 33.7 Å². The van der Waals surface area contributed by atoms with Gasteiger partial charge < -0.3 is 10.2 Å². The Labute approximate surface area is 389 Å². The number of halogens is 1. The Balaban J connectivity index is 0.944. The lowest BCUT2D eigenvalue weighted by Crippen LogP contribution is -2.47. The number of nitrogens with one attached hydrogen (secondary N) is 3. The molecule has 0 bridgehead atoms. The van der Waals surface area contributed by atoms with E-state index >= 15 is 0 Å². The van der Waals surface area contributed by atoms with Crippen LogP contribution in [0, 0.1) is 16.2 Å². The first kappa shape index (κ1) is 45.5. The van der Waals surface area contributed by atoms with Gasteiger partial charge in [-0.15, -0.1) is 4.91 Å². The lowest BCUT2D eigenvalue weighted by molar-refractivity contribution is 0.0981. The van der Waals surface area contributed by atoms with Crippen molar-refractivity contribution in [3.05, 3.63) is 112 Å². The topological polar surface area (TPSA) is 195 Å². The molecule has 66 heavy (non-hydrogen) atoms. The number of aromatic nitrogens is 4. The van der Waals surface area contributed by atoms with Gasteiger partial charge in [-0.25, -0.2) is 35.8 Å². The van der Waals surface area contributed by atoms with Crippen molar-refractivity contribution in [2.75, 3.05) is 68.8 Å². The third kappa shape index (κ3) is 9.74. The fourth-order valence-corrected chi connectivity index (χ4v) is 11.4. The van der Waals surface area contributed by atoms with E-state index in [2.05, 4.69) is 66.1 Å². The van der Waals surface area contributed by atoms with E-state index in [-0.39, 0.29) is 27.5 Å². The Bertz CT molecular complexity index is 3080. The number of anilines is 2. The lowest BCUT2D eigenvalue weighted by Gasteiger charge is -2.39. The Hall–Kier alpha value is -5.66. The molecule has 5 heterocycles. The Kier molecular flexibility index (Phi) is 12.5. The van der Waals surface area contributed by atoms with Gasteiger partial charge in [0.25, 0.3) is 15.9 Å². The summed E-state index contributed by atoms with van der Waals surface area (Å²) in [4.78, 5) is 39.7. The van der Waals surface area contributed by atoms with Gasteiger partial charge in [-0.2, -0.15) is 0 Å². The van der Waals surface area contributed by atoms with Crippen molar-refractivity contribution in [1.29, 1.82) is 0 Å². The number of aromatic amines is 1. The van der Waals surface area contributed by atoms with Crippen molar-refractivity contribution in [2.24, 2.45) is 16.5 Å². The highest BCUT2D eigenvalue weighted by molar-refractivity contribution is 7.90. The maximum atomic E-state index is 14.2. The number of hydrogen-bond donors (Lipinski definition) is 3. The molecule has 0 unspecified atom stereocenters. The number of benzene rings is 3. The zero-order valence-corrected chi connectivity index (χ0v) is 39.5. The molecule has 1 amide bonds. The van der Waals surface area contributed by atoms with Crippen LogP contribution in [0.5, 0.6) is 0 Å². The molecule has 3 N–H and O–H groups in total. The van der Waals surface area contributed by atoms with Crippen LogP contribution in [0.1, 0.15) is 61.9 Å². The van der Waals surface area contributed by atoms with E-state index in [1.54, 1.807) is 23.1 Å². The van der Waals surface area contributed by atoms with Gasteiger partial charge in [0.05, 0.1) is 33.6 Å². The summed E-state index contributed by atoms with van der Waals surface area (Å²) in [5.41, 5.74) is 7.77. The van der Waals surface area contributed by atoms with Gasteiger partial charge in [0, 0.05) is 80.8 Å². The number of hydrogen-bond acceptors (Lipinski definition) is 12. The number of amides is 1. The van der Waals surface area contributed by atoms with Crippen LogP contribution in [0.3, 0.4) is 0 Å². The second-order valence-electron chi connectivity index (χ2n) is 18.4. The molecule has 19 heteroatoms. The minimum absolute atomic E-state index is 0.0891. The number of sulfonamides is 2. The smallest absolute Gasteiger partial charge is 0.267 e. The first-order chi connectivity index (χ1) is 31.5. The van der Waals surface area contributed by atoms with E-state index < -0.39 is 26.0 Å². The number of rotatable bonds is 13. The Morgan fingerprint density at radius 3 is 2.42 bits per heavy atom. The number of fused-ring (bicyclic) bond motifs is 2. The molecule has 346 valence electrons. The molecule has 2 saturated heterocycles. The second kappa shape index (κ2) is 18.2. The largest absolute Gasteiger partial charge is 0.383 e. The zero-order chi connectivity index (χ0) is 46.4. The molecule has 0 spiro atoms. The van der Waals surface area contributed by atoms with Crippen LogP contribution in [0.4, 0.5) is 17.1 Å². The first-order valence-corrected chi connectivity index (χ1v) is 25.9. The van der Waals surface area contributed by atoms with Crippen LogP contribution in [0.2, 0.25) is 5.02 Å². The molecule has 0 radical (unpaired) electrons. The lowest BCUT2D eigenvalue weighted by atomic mass is 9.72. The number of nitrogens with zero attached hydrogens (tertiary/aromatic N) is 7. The number of piperidine rings is 1. The molecular formula is C47H53ClN10O6S2. The van der Waals surface area contributed by atoms with Crippen LogP contribution in [-0.4, -0.2) is 110 Å². The number of pyridine rings is 1. The fraction of sp³-hybridized carbons (Fsp3) is 0.383. The van der Waals surface area contributed by atoms with Crippen LogP contribution in [0.25, 0.3) is 33.3 Å². The summed E-state index contributed by atoms with van der Waals surface area (Å²) in [5.74, 6) is -0.732. The Morgan fingerprint density at radius 1 is 0.939 bits per heavy atom. The van der Waals surface area contributed by atoms with Crippen LogP contribution < -0.4 is 14.9 Å². The molecule has 0 atom stereocenters. The van der Waals surface area contributed by atoms with E-state index in [9.17, 15) is 26.5 Å². The summed E-state index contributed by atoms with van der Waals surface area (Å²) in [6.07, 6.45) is 9.06. The van der Waals surface area contributed by atoms with Crippen molar-refractivity contribution in [3.63, 3.8) is 0 Å². The maximum absolute atomic E-state index is 14.2. The highest BCUT2D eigenvalue weighted by atomic mass is 35.5. The molecule has 6 aromatic rings. The van der Waals surface area contributed by atoms with Crippen LogP contribution in [-0.2, 0) is 20.0 Å². The standard InChI is InChI=1S/C47H53ClN10O6S2/c1-47(2)16-12-34(39(27-47)32-4-6-35(48)7-5-32)30-55-20-22-56(23-21-55)36-8-10-38(43(25-36)58-44-24-33-13-17-49-45(33)52-42(44)29-51-58)46(59)54-66(63,64)37-9-11-40(41(26-37)53-60)50-28-31-14-18-57(19-15-31)65(3,61)62/h4-11,13,17,24-26,29,31,50-51H,12,14-16,18-23,27-28,30H2,1-3H3,(H,54,59). The number of allylic oxidation sites excluding steroid dienone is 1. The predicted octanol–water partition coefficient (Wildman–Crippen LogP) is 7.94. The summed E-state index contributed by atoms with van der Waals surface area (Å²) < 4.78 is 57.0. The second-order valence-corrected chi connectivity index (χ2v) is 22.5. The zero-order valence-electron chi connectivity index (χ0n) is 37.1. The summed E-state index contributed by atoms with van der Waals surface area (Å²) in [5, 5.41) is 11.0. The minimum atomic E-state index is -4.50. The average molecular weight is 954 g/mol. The van der Waals surface area contributed by atoms with E-state index in [4.69, 9.17) is 11.6 Å². The Morgan fingerprint density at radius 2 is 1.70 bits per heavy atom. The summed E-state index contributed by atoms with van der Waals surface area (Å²) in [6.45, 7) is 9.95. The fourth-order valence-electron chi connectivity index (χ4n) is 9.45. The molecule has 16 nitrogen and oxygen atoms in total. The van der Waals surface area contributed by atoms with Gasteiger partial charge in [-0.3, -0.25) is 19.5 Å². The highest BCUT2D eigenvalue weighted by Gasteiger charge is 2.31. The number of piperazine rings is 1. The van der Waals surface area contributed by atoms with Crippen LogP contribution >= 0.6 is 11.6 Å². The summed E-state index contributed by atoms with van der Waals surface area (Å²) in [6, 6.07) is 21.2. The van der Waals surface area contributed by atoms with Gasteiger partial charge >= 0.3 is 0 Å². The van der Waals surface area contributed by atoms with Crippen LogP contribution in [0.15, 0.2) is 101 Å². The summed E-state index contributed by atoms with van der Waals surface area (Å²) in [7, 11) is -7.76. The molecule has 1 aliphatic carbocycles. The first-order valence-electron chi connectivity index (χ1n) is 22.2. The summed E-state index contributed by atoms with van der Waals surface area (Å²) >= 11 is 6.26. The third-order valence-corrected chi connectivity index (χ3v) is 16.2. The van der Waals surface area contributed by atoms with Crippen molar-refractivity contribution >= 4 is 82.3 Å². The molecule has 2 aliphatic heterocycles. The number of carbonyl (C=O) groups is 1. The maximum Gasteiger partial charge on any atom is 0.267 e. The molecular weight excluding hydrogens is 900 g/mol. The quantitative estimate of drug-likeness (QED) is 0.0952. The normalized spacial score (nSPS) is 18.0. The van der Waals surface area contributed by atoms with Gasteiger partial charge in [0.15, 0.2) is 5.65 Å². The van der Waals surface area contributed by atoms with Crippen molar-refractivity contribution < 1.29 is 21.6 Å². The van der Waals surface area contributed by atoms with Crippen molar-refractivity contribution in [2.45, 2.75) is 50.8 Å². The van der Waals surface area contributed by atoms with Gasteiger partial charge in [-0.05, 0) is 120 Å². The molecule has 3 aromatic carbocycles. The van der Waals surface area contributed by atoms with E-state index in [0.717, 1.165) is 74.1 Å². The number of H-pyrrole nitrogens is 1.